The predicted molar refractivity (Wildman–Crippen MR) is 54.2 cm³/mol. The van der Waals surface area contributed by atoms with Crippen LogP contribution in [0.1, 0.15) is 20.7 Å². The molecule has 86 valence electrons. The van der Waals surface area contributed by atoms with Gasteiger partial charge in [-0.25, -0.2) is 10.1 Å². The molecule has 0 heterocycles. The van der Waals surface area contributed by atoms with Crippen molar-refractivity contribution in [1.82, 2.24) is 10.1 Å². The van der Waals surface area contributed by atoms with Crippen LogP contribution in [-0.2, 0) is 0 Å². The van der Waals surface area contributed by atoms with Crippen molar-refractivity contribution in [2.24, 2.45) is 0 Å². The minimum absolute atomic E-state index is 0.252. The molecule has 0 unspecified atom stereocenters. The molecular formula is C10H12N2O4. The molecule has 0 spiro atoms. The smallest absolute Gasteiger partial charge is 0.276 e. The van der Waals surface area contributed by atoms with Crippen LogP contribution < -0.4 is 0 Å². The summed E-state index contributed by atoms with van der Waals surface area (Å²) in [5, 5.41) is 18.7. The highest BCUT2D eigenvalue weighted by atomic mass is 16.5. The van der Waals surface area contributed by atoms with Gasteiger partial charge in [-0.15, -0.1) is 0 Å². The Morgan fingerprint density at radius 3 is 1.31 bits per heavy atom. The number of carbonyl (C=O) groups excluding carboxylic acids is 2. The summed E-state index contributed by atoms with van der Waals surface area (Å²) in [6, 6.07) is 5.58. The molecule has 0 aliphatic rings. The van der Waals surface area contributed by atoms with Crippen molar-refractivity contribution in [2.75, 3.05) is 14.1 Å². The van der Waals surface area contributed by atoms with Crippen molar-refractivity contribution < 1.29 is 20.0 Å². The lowest BCUT2D eigenvalue weighted by Gasteiger charge is -2.10. The lowest BCUT2D eigenvalue weighted by molar-refractivity contribution is -0.0378. The van der Waals surface area contributed by atoms with Gasteiger partial charge in [0.15, 0.2) is 0 Å². The molecule has 16 heavy (non-hydrogen) atoms. The van der Waals surface area contributed by atoms with Crippen LogP contribution in [0.5, 0.6) is 0 Å². The number of carbonyl (C=O) groups is 2. The summed E-state index contributed by atoms with van der Waals surface area (Å²) in [5.41, 5.74) is 0.504. The first-order chi connectivity index (χ1) is 7.43. The van der Waals surface area contributed by atoms with Crippen molar-refractivity contribution in [3.8, 4) is 0 Å². The molecule has 0 fully saturated rings. The summed E-state index contributed by atoms with van der Waals surface area (Å²) in [6.45, 7) is 0. The van der Waals surface area contributed by atoms with Crippen LogP contribution in [0.15, 0.2) is 24.3 Å². The first kappa shape index (κ1) is 12.2. The summed E-state index contributed by atoms with van der Waals surface area (Å²) in [6.07, 6.45) is 0. The minimum Gasteiger partial charge on any atom is -0.286 e. The number of rotatable bonds is 2. The minimum atomic E-state index is -0.573. The molecule has 1 aromatic carbocycles. The van der Waals surface area contributed by atoms with Gasteiger partial charge < -0.3 is 0 Å². The van der Waals surface area contributed by atoms with E-state index in [2.05, 4.69) is 0 Å². The number of hydroxylamine groups is 4. The molecule has 0 aromatic heterocycles. The highest BCUT2D eigenvalue weighted by Crippen LogP contribution is 2.07. The fourth-order valence-corrected chi connectivity index (χ4v) is 1.13. The van der Waals surface area contributed by atoms with E-state index in [1.165, 1.54) is 38.4 Å². The molecule has 2 amide bonds. The third-order valence-corrected chi connectivity index (χ3v) is 1.97. The summed E-state index contributed by atoms with van der Waals surface area (Å²) in [5.74, 6) is -1.15. The maximum Gasteiger partial charge on any atom is 0.276 e. The summed E-state index contributed by atoms with van der Waals surface area (Å²) < 4.78 is 0. The maximum absolute atomic E-state index is 11.3. The van der Waals surface area contributed by atoms with Gasteiger partial charge in [0, 0.05) is 25.2 Å². The first-order valence-electron chi connectivity index (χ1n) is 4.47. The van der Waals surface area contributed by atoms with E-state index in [1.54, 1.807) is 0 Å². The zero-order valence-corrected chi connectivity index (χ0v) is 8.91. The Morgan fingerprint density at radius 2 is 1.12 bits per heavy atom. The second kappa shape index (κ2) is 4.73. The third kappa shape index (κ3) is 2.56. The zero-order valence-electron chi connectivity index (χ0n) is 8.91. The molecule has 6 nitrogen and oxygen atoms in total. The quantitative estimate of drug-likeness (QED) is 0.569. The molecule has 0 bridgehead atoms. The second-order valence-electron chi connectivity index (χ2n) is 3.23. The normalized spacial score (nSPS) is 9.75. The highest BCUT2D eigenvalue weighted by molar-refractivity contribution is 5.96. The van der Waals surface area contributed by atoms with Gasteiger partial charge in [-0.2, -0.15) is 0 Å². The maximum atomic E-state index is 11.3. The first-order valence-corrected chi connectivity index (χ1v) is 4.47. The Kier molecular flexibility index (Phi) is 3.60. The van der Waals surface area contributed by atoms with E-state index < -0.39 is 11.8 Å². The Hall–Kier alpha value is -1.92. The largest absolute Gasteiger partial charge is 0.286 e. The van der Waals surface area contributed by atoms with Crippen molar-refractivity contribution in [3.63, 3.8) is 0 Å². The number of amides is 2. The summed E-state index contributed by atoms with van der Waals surface area (Å²) in [4.78, 5) is 22.6. The van der Waals surface area contributed by atoms with Crippen LogP contribution in [0.2, 0.25) is 0 Å². The van der Waals surface area contributed by atoms with E-state index in [9.17, 15) is 9.59 Å². The van der Waals surface area contributed by atoms with Crippen molar-refractivity contribution in [2.45, 2.75) is 0 Å². The van der Waals surface area contributed by atoms with Gasteiger partial charge in [0.25, 0.3) is 11.8 Å². The van der Waals surface area contributed by atoms with E-state index >= 15 is 0 Å². The number of hydrogen-bond donors (Lipinski definition) is 2. The average Bonchev–Trinajstić information content (AvgIpc) is 2.27. The standard InChI is InChI=1S/C10H12N2O4/c1-11(15)9(13)7-3-5-8(6-4-7)10(14)12(2)16/h3-6,15-16H,1-2H3. The van der Waals surface area contributed by atoms with Crippen LogP contribution in [0.4, 0.5) is 0 Å². The molecule has 0 aliphatic heterocycles. The average molecular weight is 224 g/mol. The molecule has 0 atom stereocenters. The third-order valence-electron chi connectivity index (χ3n) is 1.97. The molecule has 1 rings (SSSR count). The fraction of sp³-hybridized carbons (Fsp3) is 0.200. The van der Waals surface area contributed by atoms with Crippen molar-refractivity contribution >= 4 is 11.8 Å². The molecule has 0 radical (unpaired) electrons. The van der Waals surface area contributed by atoms with Gasteiger partial charge in [0.05, 0.1) is 0 Å². The van der Waals surface area contributed by atoms with E-state index in [0.29, 0.717) is 10.1 Å². The van der Waals surface area contributed by atoms with Crippen LogP contribution >= 0.6 is 0 Å². The van der Waals surface area contributed by atoms with Crippen molar-refractivity contribution in [3.05, 3.63) is 35.4 Å². The Balaban J connectivity index is 2.92. The lowest BCUT2D eigenvalue weighted by Crippen LogP contribution is -2.24. The van der Waals surface area contributed by atoms with Gasteiger partial charge in [0.2, 0.25) is 0 Å². The van der Waals surface area contributed by atoms with Gasteiger partial charge in [-0.3, -0.25) is 20.0 Å². The molecule has 0 aliphatic carbocycles. The Morgan fingerprint density at radius 1 is 0.875 bits per heavy atom. The Bertz CT molecular complexity index is 359. The molecule has 2 N–H and O–H groups in total. The van der Waals surface area contributed by atoms with Gasteiger partial charge in [-0.1, -0.05) is 0 Å². The summed E-state index contributed by atoms with van der Waals surface area (Å²) >= 11 is 0. The summed E-state index contributed by atoms with van der Waals surface area (Å²) in [7, 11) is 2.42. The number of benzene rings is 1. The SMILES string of the molecule is CN(O)C(=O)c1ccc(C(=O)N(C)O)cc1. The molecule has 6 heteroatoms. The molecule has 1 aromatic rings. The predicted octanol–water partition coefficient (Wildman–Crippen LogP) is 0.609. The van der Waals surface area contributed by atoms with Gasteiger partial charge >= 0.3 is 0 Å². The van der Waals surface area contributed by atoms with Gasteiger partial charge in [0.1, 0.15) is 0 Å². The molecule has 0 saturated carbocycles. The molecule has 0 saturated heterocycles. The zero-order chi connectivity index (χ0) is 12.3. The van der Waals surface area contributed by atoms with E-state index in [0.717, 1.165) is 0 Å². The monoisotopic (exact) mass is 224 g/mol. The van der Waals surface area contributed by atoms with Crippen LogP contribution in [0.3, 0.4) is 0 Å². The Labute approximate surface area is 92.2 Å². The van der Waals surface area contributed by atoms with E-state index in [4.69, 9.17) is 10.4 Å². The van der Waals surface area contributed by atoms with Crippen LogP contribution in [0.25, 0.3) is 0 Å². The number of nitrogens with zero attached hydrogens (tertiary/aromatic N) is 2. The number of hydrogen-bond acceptors (Lipinski definition) is 4. The van der Waals surface area contributed by atoms with Gasteiger partial charge in [-0.05, 0) is 24.3 Å². The van der Waals surface area contributed by atoms with Crippen LogP contribution in [-0.4, -0.2) is 46.5 Å². The van der Waals surface area contributed by atoms with Crippen molar-refractivity contribution in [1.29, 1.82) is 0 Å². The van der Waals surface area contributed by atoms with Crippen LogP contribution in [0, 0.1) is 0 Å². The second-order valence-corrected chi connectivity index (χ2v) is 3.23. The van der Waals surface area contributed by atoms with E-state index in [-0.39, 0.29) is 11.1 Å². The highest BCUT2D eigenvalue weighted by Gasteiger charge is 2.12. The molecular weight excluding hydrogens is 212 g/mol. The fourth-order valence-electron chi connectivity index (χ4n) is 1.13. The topological polar surface area (TPSA) is 81.1 Å². The lowest BCUT2D eigenvalue weighted by atomic mass is 10.1. The van der Waals surface area contributed by atoms with E-state index in [1.807, 2.05) is 0 Å².